The van der Waals surface area contributed by atoms with Crippen molar-refractivity contribution in [3.63, 3.8) is 0 Å². The van der Waals surface area contributed by atoms with Crippen molar-refractivity contribution >= 4 is 35.1 Å². The monoisotopic (exact) mass is 367 g/mol. The van der Waals surface area contributed by atoms with Crippen molar-refractivity contribution in [1.82, 2.24) is 4.98 Å². The van der Waals surface area contributed by atoms with Crippen molar-refractivity contribution in [3.05, 3.63) is 41.5 Å². The van der Waals surface area contributed by atoms with E-state index >= 15 is 0 Å². The number of primary amides is 1. The summed E-state index contributed by atoms with van der Waals surface area (Å²) in [5.41, 5.74) is 19.5. The second kappa shape index (κ2) is 8.05. The van der Waals surface area contributed by atoms with Crippen LogP contribution >= 0.6 is 0 Å². The van der Waals surface area contributed by atoms with Crippen LogP contribution in [0.2, 0.25) is 0 Å². The zero-order valence-electron chi connectivity index (χ0n) is 15.0. The van der Waals surface area contributed by atoms with Crippen LogP contribution in [0.4, 0.5) is 23.0 Å². The van der Waals surface area contributed by atoms with Gasteiger partial charge in [-0.3, -0.25) is 4.79 Å². The lowest BCUT2D eigenvalue weighted by molar-refractivity contribution is 0.100. The van der Waals surface area contributed by atoms with E-state index in [0.29, 0.717) is 28.6 Å². The maximum absolute atomic E-state index is 11.8. The summed E-state index contributed by atoms with van der Waals surface area (Å²) in [6.07, 6.45) is 5.43. The van der Waals surface area contributed by atoms with Crippen molar-refractivity contribution in [2.24, 2.45) is 11.5 Å². The van der Waals surface area contributed by atoms with Gasteiger partial charge in [-0.05, 0) is 43.2 Å². The first-order valence-electron chi connectivity index (χ1n) is 8.98. The predicted molar refractivity (Wildman–Crippen MR) is 109 cm³/mol. The van der Waals surface area contributed by atoms with Gasteiger partial charge in [0.2, 0.25) is 0 Å². The quantitative estimate of drug-likeness (QED) is 0.339. The van der Waals surface area contributed by atoms with E-state index < -0.39 is 5.91 Å². The summed E-state index contributed by atoms with van der Waals surface area (Å²) in [7, 11) is 0. The highest BCUT2D eigenvalue weighted by Gasteiger charge is 2.22. The van der Waals surface area contributed by atoms with E-state index in [1.807, 2.05) is 0 Å². The Kier molecular flexibility index (Phi) is 5.56. The number of nitrogens with one attached hydrogen (secondary N) is 3. The van der Waals surface area contributed by atoms with Crippen LogP contribution in [0.25, 0.3) is 0 Å². The zero-order valence-corrected chi connectivity index (χ0v) is 15.0. The number of anilines is 4. The van der Waals surface area contributed by atoms with Crippen molar-refractivity contribution in [3.8, 4) is 0 Å². The first-order valence-corrected chi connectivity index (χ1v) is 8.98. The lowest BCUT2D eigenvalue weighted by Crippen LogP contribution is -2.42. The van der Waals surface area contributed by atoms with Crippen LogP contribution < -0.4 is 27.8 Å². The van der Waals surface area contributed by atoms with Crippen molar-refractivity contribution in [1.29, 1.82) is 5.41 Å². The van der Waals surface area contributed by atoms with Crippen LogP contribution in [-0.4, -0.2) is 29.2 Å². The molecule has 9 N–H and O–H groups in total. The van der Waals surface area contributed by atoms with E-state index in [2.05, 4.69) is 15.6 Å². The standard InChI is InChI=1S/C19H25N7O/c20-10-11-9-12(5-7-14(11)21)24-19-13(18(23)27)6-8-17(26-19)25-16-4-2-1-3-15(16)22/h5-10,15-16,20H,1-4,21-22H2,(H2,23,27)(H2,24,25,26). The van der Waals surface area contributed by atoms with Gasteiger partial charge < -0.3 is 33.2 Å². The molecule has 1 saturated carbocycles. The van der Waals surface area contributed by atoms with E-state index in [1.54, 1.807) is 30.3 Å². The number of nitrogens with zero attached hydrogens (tertiary/aromatic N) is 1. The number of aromatic nitrogens is 1. The van der Waals surface area contributed by atoms with Gasteiger partial charge in [0, 0.05) is 35.2 Å². The maximum atomic E-state index is 11.8. The molecule has 2 aromatic rings. The Balaban J connectivity index is 1.87. The summed E-state index contributed by atoms with van der Waals surface area (Å²) < 4.78 is 0. The summed E-state index contributed by atoms with van der Waals surface area (Å²) in [5.74, 6) is 0.402. The molecule has 0 saturated heterocycles. The Bertz CT molecular complexity index is 852. The van der Waals surface area contributed by atoms with Crippen LogP contribution in [0.3, 0.4) is 0 Å². The molecule has 3 rings (SSSR count). The van der Waals surface area contributed by atoms with Crippen LogP contribution in [0.1, 0.15) is 41.6 Å². The average molecular weight is 367 g/mol. The fourth-order valence-electron chi connectivity index (χ4n) is 3.28. The Morgan fingerprint density at radius 1 is 1.22 bits per heavy atom. The van der Waals surface area contributed by atoms with Crippen molar-refractivity contribution in [2.75, 3.05) is 16.4 Å². The third kappa shape index (κ3) is 4.35. The molecule has 0 bridgehead atoms. The first kappa shape index (κ1) is 18.7. The topological polar surface area (TPSA) is 156 Å². The Labute approximate surface area is 158 Å². The zero-order chi connectivity index (χ0) is 19.4. The number of nitrogens with two attached hydrogens (primary N) is 3. The largest absolute Gasteiger partial charge is 0.398 e. The number of nitrogen functional groups attached to an aromatic ring is 1. The predicted octanol–water partition coefficient (Wildman–Crippen LogP) is 2.19. The summed E-state index contributed by atoms with van der Waals surface area (Å²) in [5, 5.41) is 13.9. The van der Waals surface area contributed by atoms with Gasteiger partial charge >= 0.3 is 0 Å². The van der Waals surface area contributed by atoms with E-state index in [9.17, 15) is 4.79 Å². The van der Waals surface area contributed by atoms with Crippen molar-refractivity contribution in [2.45, 2.75) is 37.8 Å². The number of pyridine rings is 1. The third-order valence-electron chi connectivity index (χ3n) is 4.82. The van der Waals surface area contributed by atoms with Gasteiger partial charge in [-0.15, -0.1) is 0 Å². The molecule has 142 valence electrons. The highest BCUT2D eigenvalue weighted by atomic mass is 16.1. The molecule has 8 nitrogen and oxygen atoms in total. The average Bonchev–Trinajstić information content (AvgIpc) is 2.65. The molecule has 1 aliphatic rings. The smallest absolute Gasteiger partial charge is 0.252 e. The molecule has 2 atom stereocenters. The summed E-state index contributed by atoms with van der Waals surface area (Å²) in [6, 6.07) is 8.77. The minimum atomic E-state index is -0.575. The van der Waals surface area contributed by atoms with Gasteiger partial charge in [-0.2, -0.15) is 0 Å². The molecule has 1 aliphatic carbocycles. The van der Waals surface area contributed by atoms with E-state index in [1.165, 1.54) is 6.21 Å². The van der Waals surface area contributed by atoms with E-state index in [-0.39, 0.29) is 17.6 Å². The Morgan fingerprint density at radius 2 is 2.00 bits per heavy atom. The minimum Gasteiger partial charge on any atom is -0.398 e. The summed E-state index contributed by atoms with van der Waals surface area (Å²) >= 11 is 0. The number of hydrogen-bond donors (Lipinski definition) is 6. The molecule has 0 aliphatic heterocycles. The molecule has 8 heteroatoms. The fourth-order valence-corrected chi connectivity index (χ4v) is 3.28. The molecular formula is C19H25N7O. The maximum Gasteiger partial charge on any atom is 0.252 e. The highest BCUT2D eigenvalue weighted by Crippen LogP contribution is 2.25. The molecule has 0 spiro atoms. The SMILES string of the molecule is N=Cc1cc(Nc2nc(NC3CCCCC3N)ccc2C(N)=O)ccc1N. The van der Waals surface area contributed by atoms with Crippen LogP contribution in [0, 0.1) is 5.41 Å². The molecule has 1 aromatic carbocycles. The fraction of sp³-hybridized carbons (Fsp3) is 0.316. The first-order chi connectivity index (χ1) is 13.0. The lowest BCUT2D eigenvalue weighted by atomic mass is 9.91. The van der Waals surface area contributed by atoms with Gasteiger partial charge in [-0.25, -0.2) is 4.98 Å². The van der Waals surface area contributed by atoms with Gasteiger partial charge in [0.25, 0.3) is 5.91 Å². The number of amides is 1. The van der Waals surface area contributed by atoms with Crippen LogP contribution in [0.5, 0.6) is 0 Å². The van der Waals surface area contributed by atoms with E-state index in [4.69, 9.17) is 22.6 Å². The highest BCUT2D eigenvalue weighted by molar-refractivity contribution is 5.98. The van der Waals surface area contributed by atoms with Crippen LogP contribution in [0.15, 0.2) is 30.3 Å². The van der Waals surface area contributed by atoms with Gasteiger partial charge in [-0.1, -0.05) is 12.8 Å². The molecule has 27 heavy (non-hydrogen) atoms. The van der Waals surface area contributed by atoms with Gasteiger partial charge in [0.05, 0.1) is 5.56 Å². The Morgan fingerprint density at radius 3 is 2.70 bits per heavy atom. The lowest BCUT2D eigenvalue weighted by Gasteiger charge is -2.29. The van der Waals surface area contributed by atoms with Gasteiger partial charge in [0.1, 0.15) is 11.6 Å². The van der Waals surface area contributed by atoms with Crippen molar-refractivity contribution < 1.29 is 4.79 Å². The summed E-state index contributed by atoms with van der Waals surface area (Å²) in [4.78, 5) is 16.3. The molecule has 1 heterocycles. The molecule has 0 radical (unpaired) electrons. The number of carbonyl (C=O) groups excluding carboxylic acids is 1. The number of carbonyl (C=O) groups is 1. The Hall–Kier alpha value is -3.13. The molecule has 2 unspecified atom stereocenters. The molecular weight excluding hydrogens is 342 g/mol. The molecule has 1 amide bonds. The summed E-state index contributed by atoms with van der Waals surface area (Å²) in [6.45, 7) is 0. The second-order valence-corrected chi connectivity index (χ2v) is 6.77. The normalized spacial score (nSPS) is 19.3. The van der Waals surface area contributed by atoms with Crippen LogP contribution in [-0.2, 0) is 0 Å². The minimum absolute atomic E-state index is 0.0834. The van der Waals surface area contributed by atoms with Gasteiger partial charge in [0.15, 0.2) is 0 Å². The van der Waals surface area contributed by atoms with E-state index in [0.717, 1.165) is 25.7 Å². The number of rotatable bonds is 6. The third-order valence-corrected chi connectivity index (χ3v) is 4.82. The number of benzene rings is 1. The number of hydrogen-bond acceptors (Lipinski definition) is 7. The molecule has 1 fully saturated rings. The second-order valence-electron chi connectivity index (χ2n) is 6.77. The molecule has 1 aromatic heterocycles.